The van der Waals surface area contributed by atoms with Crippen molar-refractivity contribution in [2.45, 2.75) is 37.4 Å². The van der Waals surface area contributed by atoms with Gasteiger partial charge < -0.3 is 20.1 Å². The number of rotatable bonds is 7. The Morgan fingerprint density at radius 1 is 1.06 bits per heavy atom. The van der Waals surface area contributed by atoms with Crippen molar-refractivity contribution in [2.24, 2.45) is 0 Å². The second-order valence-electron chi connectivity index (χ2n) is 8.17. The maximum absolute atomic E-state index is 13.3. The van der Waals surface area contributed by atoms with E-state index in [1.807, 2.05) is 41.3 Å². The Morgan fingerprint density at radius 2 is 1.65 bits per heavy atom. The van der Waals surface area contributed by atoms with Gasteiger partial charge in [-0.2, -0.15) is 0 Å². The largest absolute Gasteiger partial charge is 0.480 e. The van der Waals surface area contributed by atoms with Crippen LogP contribution in [0.15, 0.2) is 48.5 Å². The van der Waals surface area contributed by atoms with Gasteiger partial charge in [-0.05, 0) is 41.5 Å². The molecule has 1 amide bonds. The Morgan fingerprint density at radius 3 is 2.23 bits per heavy atom. The van der Waals surface area contributed by atoms with Crippen LogP contribution in [0.4, 0.5) is 9.18 Å². The molecule has 1 aliphatic carbocycles. The summed E-state index contributed by atoms with van der Waals surface area (Å²) in [6.07, 6.45) is -0.326. The maximum atomic E-state index is 13.3. The highest BCUT2D eigenvalue weighted by Gasteiger charge is 2.30. The number of benzene rings is 2. The molecular weight excluding hydrogens is 399 g/mol. The summed E-state index contributed by atoms with van der Waals surface area (Å²) in [7, 11) is 0. The van der Waals surface area contributed by atoms with Crippen LogP contribution in [0.2, 0.25) is 0 Å². The van der Waals surface area contributed by atoms with Gasteiger partial charge in [0.15, 0.2) is 0 Å². The van der Waals surface area contributed by atoms with Gasteiger partial charge in [-0.1, -0.05) is 48.5 Å². The summed E-state index contributed by atoms with van der Waals surface area (Å²) < 4.78 is 18.7. The van der Waals surface area contributed by atoms with E-state index in [1.165, 1.54) is 0 Å². The Balaban J connectivity index is 1.33. The van der Waals surface area contributed by atoms with Gasteiger partial charge in [0.1, 0.15) is 18.8 Å². The average Bonchev–Trinajstić information content (AvgIpc) is 3.10. The quantitative estimate of drug-likeness (QED) is 0.704. The van der Waals surface area contributed by atoms with Crippen LogP contribution in [0.3, 0.4) is 0 Å². The Kier molecular flexibility index (Phi) is 6.51. The molecule has 6 nitrogen and oxygen atoms in total. The summed E-state index contributed by atoms with van der Waals surface area (Å²) in [5.41, 5.74) is 4.46. The Bertz CT molecular complexity index is 897. The van der Waals surface area contributed by atoms with Crippen LogP contribution in [-0.2, 0) is 9.53 Å². The first-order valence-corrected chi connectivity index (χ1v) is 10.7. The van der Waals surface area contributed by atoms with E-state index in [4.69, 9.17) is 4.74 Å². The first-order chi connectivity index (χ1) is 15.0. The minimum absolute atomic E-state index is 0.0802. The van der Waals surface area contributed by atoms with Gasteiger partial charge in [0.05, 0.1) is 0 Å². The summed E-state index contributed by atoms with van der Waals surface area (Å²) in [4.78, 5) is 26.0. The molecule has 0 aromatic heterocycles. The van der Waals surface area contributed by atoms with Crippen molar-refractivity contribution >= 4 is 12.1 Å². The number of likely N-dealkylation sites (tertiary alicyclic amines) is 1. The van der Waals surface area contributed by atoms with Crippen molar-refractivity contribution in [1.82, 2.24) is 10.2 Å². The number of halogens is 1. The van der Waals surface area contributed by atoms with Gasteiger partial charge in [-0.25, -0.2) is 14.0 Å². The van der Waals surface area contributed by atoms with Crippen LogP contribution in [0, 0.1) is 0 Å². The third-order valence-corrected chi connectivity index (χ3v) is 6.18. The van der Waals surface area contributed by atoms with Gasteiger partial charge in [0.25, 0.3) is 0 Å². The van der Waals surface area contributed by atoms with Crippen molar-refractivity contribution in [2.75, 3.05) is 26.2 Å². The second kappa shape index (κ2) is 9.47. The van der Waals surface area contributed by atoms with Crippen LogP contribution >= 0.6 is 0 Å². The lowest BCUT2D eigenvalue weighted by Gasteiger charge is -2.29. The molecule has 1 fully saturated rings. The summed E-state index contributed by atoms with van der Waals surface area (Å²) >= 11 is 0. The first kappa shape index (κ1) is 21.3. The van der Waals surface area contributed by atoms with E-state index < -0.39 is 24.3 Å². The molecule has 0 radical (unpaired) electrons. The number of piperidine rings is 1. The fourth-order valence-corrected chi connectivity index (χ4v) is 4.48. The number of aliphatic carboxylic acids is 1. The van der Waals surface area contributed by atoms with Crippen molar-refractivity contribution in [3.63, 3.8) is 0 Å². The van der Waals surface area contributed by atoms with E-state index in [0.29, 0.717) is 32.5 Å². The number of fused-ring (bicyclic) bond motifs is 3. The predicted molar refractivity (Wildman–Crippen MR) is 115 cm³/mol. The second-order valence-corrected chi connectivity index (χ2v) is 8.17. The van der Waals surface area contributed by atoms with Crippen LogP contribution in [0.25, 0.3) is 11.1 Å². The van der Waals surface area contributed by atoms with E-state index in [2.05, 4.69) is 17.4 Å². The van der Waals surface area contributed by atoms with Crippen LogP contribution in [0.5, 0.6) is 0 Å². The number of hydrogen-bond acceptors (Lipinski definition) is 4. The lowest BCUT2D eigenvalue weighted by atomic mass is 9.98. The molecule has 1 atom stereocenters. The lowest BCUT2D eigenvalue weighted by molar-refractivity contribution is -0.139. The number of nitrogens with zero attached hydrogens (tertiary/aromatic N) is 1. The van der Waals surface area contributed by atoms with Crippen molar-refractivity contribution in [3.8, 4) is 11.1 Å². The molecule has 31 heavy (non-hydrogen) atoms. The molecule has 0 bridgehead atoms. The highest BCUT2D eigenvalue weighted by molar-refractivity contribution is 5.81. The molecule has 1 heterocycles. The number of alkyl carbamates (subject to hydrolysis) is 1. The zero-order chi connectivity index (χ0) is 21.8. The molecule has 0 saturated carbocycles. The Labute approximate surface area is 181 Å². The summed E-state index contributed by atoms with van der Waals surface area (Å²) in [6.45, 7) is 1.85. The molecule has 164 valence electrons. The van der Waals surface area contributed by atoms with E-state index in [0.717, 1.165) is 22.3 Å². The molecule has 2 N–H and O–H groups in total. The molecule has 4 rings (SSSR count). The minimum atomic E-state index is -1.10. The molecule has 0 spiro atoms. The SMILES string of the molecule is O=C(N[C@@H](CCN1CCC(F)CC1)C(=O)O)OCC1c2ccccc2-c2ccccc21. The standard InChI is InChI=1S/C24H27FN2O4/c25-16-9-12-27(13-10-16)14-11-22(23(28)29)26-24(30)31-15-21-19-7-3-1-5-17(19)18-6-2-4-8-20(18)21/h1-8,16,21-22H,9-15H2,(H,26,30)(H,28,29)/t22-/m0/s1. The smallest absolute Gasteiger partial charge is 0.407 e. The number of nitrogens with one attached hydrogen (secondary N) is 1. The van der Waals surface area contributed by atoms with Gasteiger partial charge in [0, 0.05) is 25.6 Å². The minimum Gasteiger partial charge on any atom is -0.480 e. The molecule has 1 saturated heterocycles. The normalized spacial score (nSPS) is 17.6. The number of ether oxygens (including phenoxy) is 1. The van der Waals surface area contributed by atoms with E-state index in [-0.39, 0.29) is 18.9 Å². The zero-order valence-corrected chi connectivity index (χ0v) is 17.3. The summed E-state index contributed by atoms with van der Waals surface area (Å²) in [5.74, 6) is -1.18. The topological polar surface area (TPSA) is 78.9 Å². The number of carbonyl (C=O) groups excluding carboxylic acids is 1. The fraction of sp³-hybridized carbons (Fsp3) is 0.417. The van der Waals surface area contributed by atoms with E-state index >= 15 is 0 Å². The number of alkyl halides is 1. The number of carboxylic acid groups (broad SMARTS) is 1. The maximum Gasteiger partial charge on any atom is 0.407 e. The summed E-state index contributed by atoms with van der Waals surface area (Å²) in [6, 6.07) is 15.0. The van der Waals surface area contributed by atoms with Crippen LogP contribution in [0.1, 0.15) is 36.3 Å². The lowest BCUT2D eigenvalue weighted by Crippen LogP contribution is -2.44. The van der Waals surface area contributed by atoms with Crippen molar-refractivity contribution < 1.29 is 23.8 Å². The van der Waals surface area contributed by atoms with Crippen LogP contribution < -0.4 is 5.32 Å². The van der Waals surface area contributed by atoms with Crippen molar-refractivity contribution in [1.29, 1.82) is 0 Å². The molecule has 1 aliphatic heterocycles. The first-order valence-electron chi connectivity index (χ1n) is 10.7. The Hall–Kier alpha value is -2.93. The predicted octanol–water partition coefficient (Wildman–Crippen LogP) is 3.80. The number of carbonyl (C=O) groups is 2. The third-order valence-electron chi connectivity index (χ3n) is 6.18. The zero-order valence-electron chi connectivity index (χ0n) is 17.3. The average molecular weight is 426 g/mol. The van der Waals surface area contributed by atoms with Crippen molar-refractivity contribution in [3.05, 3.63) is 59.7 Å². The molecular formula is C24H27FN2O4. The van der Waals surface area contributed by atoms with Gasteiger partial charge in [0.2, 0.25) is 0 Å². The highest BCUT2D eigenvalue weighted by Crippen LogP contribution is 2.44. The highest BCUT2D eigenvalue weighted by atomic mass is 19.1. The van der Waals surface area contributed by atoms with Crippen LogP contribution in [-0.4, -0.2) is 60.5 Å². The molecule has 2 aromatic carbocycles. The molecule has 0 unspecified atom stereocenters. The monoisotopic (exact) mass is 426 g/mol. The van der Waals surface area contributed by atoms with Gasteiger partial charge in [-0.15, -0.1) is 0 Å². The molecule has 7 heteroatoms. The number of hydrogen-bond donors (Lipinski definition) is 2. The van der Waals surface area contributed by atoms with E-state index in [1.54, 1.807) is 0 Å². The third kappa shape index (κ3) is 4.88. The fourth-order valence-electron chi connectivity index (χ4n) is 4.48. The molecule has 2 aromatic rings. The summed E-state index contributed by atoms with van der Waals surface area (Å²) in [5, 5.41) is 12.0. The molecule has 2 aliphatic rings. The number of amides is 1. The number of carboxylic acids is 1. The van der Waals surface area contributed by atoms with E-state index in [9.17, 15) is 19.1 Å². The van der Waals surface area contributed by atoms with Gasteiger partial charge >= 0.3 is 12.1 Å². The van der Waals surface area contributed by atoms with Gasteiger partial charge in [-0.3, -0.25) is 0 Å².